The molecule has 1 aliphatic carbocycles. The molecule has 1 aromatic rings. The molecule has 2 N–H and O–H groups in total. The molecule has 1 amide bonds. The van der Waals surface area contributed by atoms with Crippen LogP contribution in [-0.2, 0) is 29.1 Å². The number of amides is 1. The first-order valence-electron chi connectivity index (χ1n) is 10.4. The lowest BCUT2D eigenvalue weighted by molar-refractivity contribution is -0.149. The van der Waals surface area contributed by atoms with Gasteiger partial charge in [0.1, 0.15) is 23.6 Å². The Bertz CT molecular complexity index is 1210. The van der Waals surface area contributed by atoms with Gasteiger partial charge in [-0.25, -0.2) is 22.4 Å². The van der Waals surface area contributed by atoms with Crippen LogP contribution in [0.1, 0.15) is 12.8 Å². The molecule has 35 heavy (non-hydrogen) atoms. The van der Waals surface area contributed by atoms with Crippen LogP contribution in [0.4, 0.5) is 9.18 Å². The molecule has 1 saturated heterocycles. The fourth-order valence-electron chi connectivity index (χ4n) is 3.21. The van der Waals surface area contributed by atoms with Crippen LogP contribution in [0.2, 0.25) is 0 Å². The molecule has 13 heteroatoms. The molecule has 0 radical (unpaired) electrons. The summed E-state index contributed by atoms with van der Waals surface area (Å²) in [4.78, 5) is 36.9. The Labute approximate surface area is 206 Å². The van der Waals surface area contributed by atoms with Crippen molar-refractivity contribution < 1.29 is 36.7 Å². The minimum atomic E-state index is -4.03. The van der Waals surface area contributed by atoms with Crippen LogP contribution in [0, 0.1) is 5.82 Å². The van der Waals surface area contributed by atoms with Gasteiger partial charge < -0.3 is 20.1 Å². The van der Waals surface area contributed by atoms with E-state index in [4.69, 9.17) is 15.2 Å². The van der Waals surface area contributed by atoms with Gasteiger partial charge in [0.05, 0.1) is 4.90 Å². The van der Waals surface area contributed by atoms with Crippen LogP contribution in [0.25, 0.3) is 0 Å². The normalized spacial score (nSPS) is 19.3. The average molecular weight is 526 g/mol. The van der Waals surface area contributed by atoms with Crippen molar-refractivity contribution in [2.75, 3.05) is 26.4 Å². The van der Waals surface area contributed by atoms with Gasteiger partial charge in [-0.05, 0) is 42.3 Å². The first kappa shape index (κ1) is 26.6. The Morgan fingerprint density at radius 3 is 2.60 bits per heavy atom. The highest BCUT2D eigenvalue weighted by atomic mass is 32.2. The van der Waals surface area contributed by atoms with E-state index in [0.29, 0.717) is 11.3 Å². The molecule has 3 rings (SSSR count). The number of nitrogens with zero attached hydrogens (tertiary/aromatic N) is 2. The van der Waals surface area contributed by atoms with Crippen molar-refractivity contribution in [2.24, 2.45) is 5.73 Å². The fraction of sp³-hybridized carbons (Fsp3) is 0.364. The van der Waals surface area contributed by atoms with Crippen molar-refractivity contribution in [3.63, 3.8) is 0 Å². The van der Waals surface area contributed by atoms with Gasteiger partial charge in [0, 0.05) is 38.4 Å². The molecule has 1 aromatic carbocycles. The van der Waals surface area contributed by atoms with Crippen molar-refractivity contribution >= 4 is 39.8 Å². The molecule has 2 atom stereocenters. The lowest BCUT2D eigenvalue weighted by atomic mass is 9.93. The summed E-state index contributed by atoms with van der Waals surface area (Å²) in [5.41, 5.74) is 5.45. The highest BCUT2D eigenvalue weighted by molar-refractivity contribution is 8.01. The smallest absolute Gasteiger partial charge is 0.414 e. The summed E-state index contributed by atoms with van der Waals surface area (Å²) in [5, 5.41) is 0. The minimum absolute atomic E-state index is 0.00114. The van der Waals surface area contributed by atoms with E-state index in [1.165, 1.54) is 31.1 Å². The second kappa shape index (κ2) is 11.2. The number of benzene rings is 1. The molecule has 1 heterocycles. The lowest BCUT2D eigenvalue weighted by Crippen LogP contribution is -2.41. The fourth-order valence-corrected chi connectivity index (χ4v) is 6.14. The van der Waals surface area contributed by atoms with Crippen LogP contribution in [0.5, 0.6) is 0 Å². The van der Waals surface area contributed by atoms with Crippen LogP contribution >= 0.6 is 11.8 Å². The molecular formula is C22H24FN3O7S2. The Kier molecular flexibility index (Phi) is 8.51. The van der Waals surface area contributed by atoms with Crippen molar-refractivity contribution in [1.29, 1.82) is 0 Å². The molecule has 0 aromatic heterocycles. The Morgan fingerprint density at radius 1 is 1.29 bits per heavy atom. The molecule has 0 spiro atoms. The van der Waals surface area contributed by atoms with Gasteiger partial charge in [0.25, 0.3) is 0 Å². The predicted molar refractivity (Wildman–Crippen MR) is 125 cm³/mol. The molecule has 188 valence electrons. The van der Waals surface area contributed by atoms with Crippen molar-refractivity contribution in [2.45, 2.75) is 29.3 Å². The van der Waals surface area contributed by atoms with Crippen LogP contribution < -0.4 is 5.73 Å². The first-order chi connectivity index (χ1) is 16.5. The molecule has 0 bridgehead atoms. The topological polar surface area (TPSA) is 136 Å². The third-order valence-corrected chi connectivity index (χ3v) is 8.15. The van der Waals surface area contributed by atoms with Gasteiger partial charge in [0.2, 0.25) is 15.6 Å². The Morgan fingerprint density at radius 2 is 1.97 bits per heavy atom. The van der Waals surface area contributed by atoms with Crippen molar-refractivity contribution in [3.05, 3.63) is 59.1 Å². The number of rotatable bonds is 7. The van der Waals surface area contributed by atoms with E-state index in [9.17, 15) is 27.2 Å². The number of esters is 1. The zero-order chi connectivity index (χ0) is 25.8. The number of nitrogens with two attached hydrogens (primary N) is 1. The second-order valence-corrected chi connectivity index (χ2v) is 10.9. The number of sulfonamides is 1. The monoisotopic (exact) mass is 525 g/mol. The number of hydrogen-bond acceptors (Lipinski definition) is 9. The second-order valence-electron chi connectivity index (χ2n) is 7.84. The van der Waals surface area contributed by atoms with Gasteiger partial charge in [0.15, 0.2) is 0 Å². The summed E-state index contributed by atoms with van der Waals surface area (Å²) in [6, 6.07) is 3.15. The summed E-state index contributed by atoms with van der Waals surface area (Å²) in [6.45, 7) is 0.0972. The summed E-state index contributed by atoms with van der Waals surface area (Å²) in [5.74, 6) is 0.972. The van der Waals surface area contributed by atoms with Gasteiger partial charge in [-0.3, -0.25) is 4.79 Å². The largest absolute Gasteiger partial charge is 0.435 e. The van der Waals surface area contributed by atoms with Gasteiger partial charge in [-0.1, -0.05) is 17.8 Å². The molecule has 2 aliphatic rings. The van der Waals surface area contributed by atoms with E-state index in [1.54, 1.807) is 5.94 Å². The number of thioether (sulfide) groups is 1. The zero-order valence-electron chi connectivity index (χ0n) is 19.0. The highest BCUT2D eigenvalue weighted by Crippen LogP contribution is 2.32. The third kappa shape index (κ3) is 6.38. The van der Waals surface area contributed by atoms with E-state index in [1.807, 2.05) is 0 Å². The number of hydrogen-bond donors (Lipinski definition) is 1. The van der Waals surface area contributed by atoms with E-state index in [2.05, 4.69) is 0 Å². The van der Waals surface area contributed by atoms with Crippen molar-refractivity contribution in [3.8, 4) is 0 Å². The average Bonchev–Trinajstić information content (AvgIpc) is 3.29. The molecule has 1 unspecified atom stereocenters. The summed E-state index contributed by atoms with van der Waals surface area (Å²) in [7, 11) is -0.997. The van der Waals surface area contributed by atoms with E-state index < -0.39 is 39.5 Å². The molecule has 1 aliphatic heterocycles. The molecule has 10 nitrogen and oxygen atoms in total. The minimum Gasteiger partial charge on any atom is -0.435 e. The summed E-state index contributed by atoms with van der Waals surface area (Å²) < 4.78 is 50.6. The third-order valence-electron chi connectivity index (χ3n) is 5.10. The SMILES string of the molecule is CN(C)C(=O)OC1=CC=C(C[C@H](N)C(=O)OC2SCCN2S(=O)(=O)c2ccc(F)cc2)C(=C=O)C1. The lowest BCUT2D eigenvalue weighted by Gasteiger charge is -2.24. The molecule has 0 saturated carbocycles. The van der Waals surface area contributed by atoms with Crippen LogP contribution in [-0.4, -0.2) is 73.6 Å². The summed E-state index contributed by atoms with van der Waals surface area (Å²) >= 11 is 1.11. The molecule has 1 fully saturated rings. The Balaban J connectivity index is 1.67. The summed E-state index contributed by atoms with van der Waals surface area (Å²) in [6.07, 6.45) is 2.33. The van der Waals surface area contributed by atoms with E-state index in [-0.39, 0.29) is 35.6 Å². The van der Waals surface area contributed by atoms with Crippen LogP contribution in [0.3, 0.4) is 0 Å². The number of allylic oxidation sites excluding steroid dienone is 3. The maximum atomic E-state index is 13.2. The standard InChI is InChI=1S/C22H24FN3O7S2/c1-25(2)21(29)32-17-6-3-14(15(11-17)13-27)12-19(24)20(28)33-22-26(9-10-34-22)35(30,31)18-7-4-16(23)5-8-18/h3-8,19,22H,9-12,24H2,1-2H3/t19-,22?/m0/s1. The van der Waals surface area contributed by atoms with Gasteiger partial charge in [-0.2, -0.15) is 0 Å². The number of carbonyl (C=O) groups is 2. The molecular weight excluding hydrogens is 501 g/mol. The van der Waals surface area contributed by atoms with Crippen molar-refractivity contribution in [1.82, 2.24) is 9.21 Å². The van der Waals surface area contributed by atoms with E-state index >= 15 is 0 Å². The van der Waals surface area contributed by atoms with Gasteiger partial charge in [-0.15, -0.1) is 4.31 Å². The van der Waals surface area contributed by atoms with E-state index in [0.717, 1.165) is 40.3 Å². The maximum absolute atomic E-state index is 13.2. The van der Waals surface area contributed by atoms with Crippen LogP contribution in [0.15, 0.2) is 58.2 Å². The zero-order valence-corrected chi connectivity index (χ0v) is 20.6. The first-order valence-corrected chi connectivity index (χ1v) is 12.9. The highest BCUT2D eigenvalue weighted by Gasteiger charge is 2.39. The quantitative estimate of drug-likeness (QED) is 0.417. The maximum Gasteiger partial charge on any atom is 0.414 e. The number of halogens is 1. The number of carbonyl (C=O) groups excluding carboxylic acids is 3. The van der Waals surface area contributed by atoms with Gasteiger partial charge >= 0.3 is 12.1 Å². The number of ether oxygens (including phenoxy) is 2. The predicted octanol–water partition coefficient (Wildman–Crippen LogP) is 1.78. The Hall–Kier alpha value is -2.96.